The lowest BCUT2D eigenvalue weighted by atomic mass is 10.2. The highest BCUT2D eigenvalue weighted by atomic mass is 32.2. The van der Waals surface area contributed by atoms with E-state index in [4.69, 9.17) is 15.2 Å². The molecule has 1 aromatic carbocycles. The van der Waals surface area contributed by atoms with Crippen LogP contribution in [0.2, 0.25) is 0 Å². The van der Waals surface area contributed by atoms with Gasteiger partial charge in [0, 0.05) is 25.3 Å². The summed E-state index contributed by atoms with van der Waals surface area (Å²) in [6, 6.07) is 7.35. The van der Waals surface area contributed by atoms with Crippen LogP contribution in [0.25, 0.3) is 0 Å². The van der Waals surface area contributed by atoms with Crippen molar-refractivity contribution in [1.82, 2.24) is 0 Å². The zero-order valence-electron chi connectivity index (χ0n) is 11.1. The highest BCUT2D eigenvalue weighted by molar-refractivity contribution is 8.22. The summed E-state index contributed by atoms with van der Waals surface area (Å²) in [5, 5.41) is 14.6. The summed E-state index contributed by atoms with van der Waals surface area (Å²) in [5.74, 6) is 0. The molecule has 0 amide bonds. The summed E-state index contributed by atoms with van der Waals surface area (Å²) >= 11 is 0. The second kappa shape index (κ2) is 6.08. The van der Waals surface area contributed by atoms with Crippen molar-refractivity contribution in [3.8, 4) is 0 Å². The minimum absolute atomic E-state index is 0.0345. The fourth-order valence-corrected chi connectivity index (χ4v) is 3.97. The van der Waals surface area contributed by atoms with Crippen molar-refractivity contribution < 1.29 is 14.4 Å². The van der Waals surface area contributed by atoms with Gasteiger partial charge in [-0.15, -0.1) is 0 Å². The molecule has 0 spiro atoms. The minimum atomic E-state index is -0.917. The SMILES string of the molecule is COC(OC)C1=C[SH](c2cccc(N)c2)C=C1[N+](=O)[O-]. The molecular weight excluding hydrogens is 280 g/mol. The molecule has 1 aromatic rings. The van der Waals surface area contributed by atoms with Crippen molar-refractivity contribution in [2.75, 3.05) is 20.0 Å². The Morgan fingerprint density at radius 1 is 1.30 bits per heavy atom. The number of nitrogens with zero attached hydrogens (tertiary/aromatic N) is 1. The number of rotatable bonds is 5. The van der Waals surface area contributed by atoms with E-state index in [1.165, 1.54) is 14.2 Å². The maximum absolute atomic E-state index is 11.2. The lowest BCUT2D eigenvalue weighted by Gasteiger charge is -2.13. The van der Waals surface area contributed by atoms with Gasteiger partial charge in [-0.25, -0.2) is 0 Å². The molecule has 1 aliphatic rings. The first-order chi connectivity index (χ1) is 9.56. The van der Waals surface area contributed by atoms with Crippen molar-refractivity contribution in [1.29, 1.82) is 0 Å². The van der Waals surface area contributed by atoms with Gasteiger partial charge in [-0.1, -0.05) is 6.07 Å². The lowest BCUT2D eigenvalue weighted by molar-refractivity contribution is -0.422. The molecule has 0 radical (unpaired) electrons. The predicted molar refractivity (Wildman–Crippen MR) is 79.1 cm³/mol. The number of hydrogen-bond acceptors (Lipinski definition) is 5. The number of anilines is 1. The fourth-order valence-electron chi connectivity index (χ4n) is 1.98. The zero-order chi connectivity index (χ0) is 14.7. The van der Waals surface area contributed by atoms with Crippen LogP contribution in [-0.4, -0.2) is 25.4 Å². The highest BCUT2D eigenvalue weighted by Gasteiger charge is 2.32. The molecule has 0 aliphatic carbocycles. The van der Waals surface area contributed by atoms with E-state index in [-0.39, 0.29) is 5.70 Å². The number of nitrogen functional groups attached to an aromatic ring is 1. The van der Waals surface area contributed by atoms with E-state index in [9.17, 15) is 10.1 Å². The molecule has 1 unspecified atom stereocenters. The zero-order valence-corrected chi connectivity index (χ0v) is 12.0. The third-order valence-electron chi connectivity index (χ3n) is 2.88. The number of thiol groups is 1. The Morgan fingerprint density at radius 3 is 2.55 bits per heavy atom. The van der Waals surface area contributed by atoms with Crippen LogP contribution in [-0.2, 0) is 9.47 Å². The molecule has 1 aliphatic heterocycles. The average Bonchev–Trinajstić information content (AvgIpc) is 2.85. The minimum Gasteiger partial charge on any atom is -0.399 e. The second-order valence-corrected chi connectivity index (χ2v) is 6.01. The molecule has 0 bridgehead atoms. The summed E-state index contributed by atoms with van der Waals surface area (Å²) in [7, 11) is 1.99. The monoisotopic (exact) mass is 296 g/mol. The van der Waals surface area contributed by atoms with E-state index in [0.29, 0.717) is 11.3 Å². The summed E-state index contributed by atoms with van der Waals surface area (Å²) in [4.78, 5) is 11.7. The van der Waals surface area contributed by atoms with Gasteiger partial charge in [-0.05, 0) is 28.5 Å². The summed E-state index contributed by atoms with van der Waals surface area (Å²) < 4.78 is 10.2. The van der Waals surface area contributed by atoms with E-state index in [1.54, 1.807) is 11.5 Å². The van der Waals surface area contributed by atoms with Crippen molar-refractivity contribution in [3.63, 3.8) is 0 Å². The Hall–Kier alpha value is -1.83. The van der Waals surface area contributed by atoms with Gasteiger partial charge in [0.15, 0.2) is 6.29 Å². The van der Waals surface area contributed by atoms with Gasteiger partial charge in [0.25, 0.3) is 5.70 Å². The third kappa shape index (κ3) is 2.84. The van der Waals surface area contributed by atoms with Crippen LogP contribution in [0.3, 0.4) is 0 Å². The fraction of sp³-hybridized carbons (Fsp3) is 0.231. The number of ether oxygens (including phenoxy) is 2. The van der Waals surface area contributed by atoms with Crippen molar-refractivity contribution >= 4 is 16.6 Å². The second-order valence-electron chi connectivity index (χ2n) is 4.16. The largest absolute Gasteiger partial charge is 0.399 e. The Morgan fingerprint density at radius 2 is 2.00 bits per heavy atom. The number of nitro groups is 1. The van der Waals surface area contributed by atoms with Gasteiger partial charge in [-0.3, -0.25) is 10.1 Å². The van der Waals surface area contributed by atoms with Crippen molar-refractivity contribution in [2.24, 2.45) is 0 Å². The topological polar surface area (TPSA) is 87.6 Å². The van der Waals surface area contributed by atoms with Gasteiger partial charge in [-0.2, -0.15) is 10.9 Å². The van der Waals surface area contributed by atoms with Crippen LogP contribution < -0.4 is 5.73 Å². The molecule has 0 fully saturated rings. The summed E-state index contributed by atoms with van der Waals surface area (Å²) in [5.41, 5.74) is 6.88. The van der Waals surface area contributed by atoms with Gasteiger partial charge < -0.3 is 15.2 Å². The van der Waals surface area contributed by atoms with Crippen LogP contribution in [0.4, 0.5) is 5.69 Å². The molecule has 7 heteroatoms. The Balaban J connectivity index is 2.40. The van der Waals surface area contributed by atoms with Gasteiger partial charge in [0.05, 0.1) is 10.5 Å². The third-order valence-corrected chi connectivity index (χ3v) is 4.84. The van der Waals surface area contributed by atoms with E-state index < -0.39 is 22.1 Å². The normalized spacial score (nSPS) is 19.9. The lowest BCUT2D eigenvalue weighted by Crippen LogP contribution is -2.19. The molecule has 20 heavy (non-hydrogen) atoms. The molecular formula is C13H16N2O4S. The van der Waals surface area contributed by atoms with Crippen LogP contribution >= 0.6 is 10.9 Å². The standard InChI is InChI=1S/C13H16N2O4S/c1-18-13(19-2)11-7-20(8-12(11)15(16)17)10-5-3-4-9(14)6-10/h3-8,13,20H,14H2,1-2H3. The average molecular weight is 296 g/mol. The van der Waals surface area contributed by atoms with Crippen LogP contribution in [0.15, 0.2) is 51.2 Å². The highest BCUT2D eigenvalue weighted by Crippen LogP contribution is 2.48. The Labute approximate surface area is 119 Å². The van der Waals surface area contributed by atoms with Gasteiger partial charge in [0.2, 0.25) is 0 Å². The molecule has 0 aromatic heterocycles. The van der Waals surface area contributed by atoms with Crippen LogP contribution in [0.5, 0.6) is 0 Å². The van der Waals surface area contributed by atoms with Crippen molar-refractivity contribution in [3.05, 3.63) is 56.5 Å². The van der Waals surface area contributed by atoms with E-state index in [0.717, 1.165) is 4.90 Å². The number of methoxy groups -OCH3 is 2. The molecule has 0 saturated heterocycles. The molecule has 1 atom stereocenters. The Bertz CT molecular complexity index is 581. The maximum Gasteiger partial charge on any atom is 0.283 e. The quantitative estimate of drug-likeness (QED) is 0.286. The molecule has 108 valence electrons. The number of hydrogen-bond donors (Lipinski definition) is 2. The molecule has 0 saturated carbocycles. The Kier molecular flexibility index (Phi) is 4.43. The number of nitrogens with two attached hydrogens (primary N) is 1. The van der Waals surface area contributed by atoms with Crippen LogP contribution in [0, 0.1) is 10.1 Å². The first-order valence-electron chi connectivity index (χ1n) is 5.84. The number of benzene rings is 1. The van der Waals surface area contributed by atoms with Gasteiger partial charge in [0.1, 0.15) is 0 Å². The maximum atomic E-state index is 11.2. The summed E-state index contributed by atoms with van der Waals surface area (Å²) in [6.07, 6.45) is -0.736. The first kappa shape index (κ1) is 14.6. The smallest absolute Gasteiger partial charge is 0.283 e. The molecule has 1 heterocycles. The summed E-state index contributed by atoms with van der Waals surface area (Å²) in [6.45, 7) is 0. The van der Waals surface area contributed by atoms with E-state index >= 15 is 0 Å². The first-order valence-corrected chi connectivity index (χ1v) is 7.32. The van der Waals surface area contributed by atoms with Crippen molar-refractivity contribution in [2.45, 2.75) is 11.2 Å². The van der Waals surface area contributed by atoms with E-state index in [2.05, 4.69) is 0 Å². The molecule has 2 N–H and O–H groups in total. The van der Waals surface area contributed by atoms with E-state index in [1.807, 2.05) is 23.6 Å². The molecule has 6 nitrogen and oxygen atoms in total. The molecule has 2 rings (SSSR count). The van der Waals surface area contributed by atoms with Gasteiger partial charge >= 0.3 is 0 Å². The predicted octanol–water partition coefficient (Wildman–Crippen LogP) is 2.26. The van der Waals surface area contributed by atoms with Crippen LogP contribution in [0.1, 0.15) is 0 Å².